The summed E-state index contributed by atoms with van der Waals surface area (Å²) in [6, 6.07) is 0.583. The zero-order valence-corrected chi connectivity index (χ0v) is 7.52. The van der Waals surface area contributed by atoms with Crippen LogP contribution in [0.5, 0.6) is 0 Å². The fraction of sp³-hybridized carbons (Fsp3) is 0.857. The van der Waals surface area contributed by atoms with Crippen LogP contribution in [0.4, 0.5) is 4.79 Å². The molecule has 0 bridgehead atoms. The van der Waals surface area contributed by atoms with Crippen molar-refractivity contribution in [1.29, 1.82) is 0 Å². The zero-order chi connectivity index (χ0) is 9.28. The Morgan fingerprint density at radius 1 is 1.64 bits per heavy atom. The molecule has 0 fully saturated rings. The molecule has 0 spiro atoms. The van der Waals surface area contributed by atoms with E-state index >= 15 is 0 Å². The van der Waals surface area contributed by atoms with Crippen LogP contribution in [-0.4, -0.2) is 18.7 Å². The number of amides is 1. The molecule has 0 saturated carbocycles. The average Bonchev–Trinajstić information content (AvgIpc) is 1.82. The second-order valence-electron chi connectivity index (χ2n) is 2.61. The summed E-state index contributed by atoms with van der Waals surface area (Å²) in [6.45, 7) is 6.48. The first-order valence-corrected chi connectivity index (χ1v) is 3.78. The minimum absolute atomic E-state index is 0.488. The Bertz CT molecular complexity index is 91.7. The van der Waals surface area contributed by atoms with E-state index in [1.807, 2.05) is 6.92 Å². The van der Waals surface area contributed by atoms with E-state index < -0.39 is 6.09 Å². The van der Waals surface area contributed by atoms with Crippen molar-refractivity contribution in [2.45, 2.75) is 33.2 Å². The molecular formula is C7H18N2O2. The largest absolute Gasteiger partial charge is 0.530 e. The molecule has 0 aromatic heterocycles. The lowest BCUT2D eigenvalue weighted by atomic mass is 10.5. The smallest absolute Gasteiger partial charge is 0.134 e. The lowest BCUT2D eigenvalue weighted by Gasteiger charge is -2.01. The summed E-state index contributed by atoms with van der Waals surface area (Å²) in [4.78, 5) is 9.54. The Hall–Kier alpha value is -0.770. The van der Waals surface area contributed by atoms with Gasteiger partial charge >= 0.3 is 0 Å². The summed E-state index contributed by atoms with van der Waals surface area (Å²) in [7, 11) is 0. The third-order valence-corrected chi connectivity index (χ3v) is 0.519. The highest BCUT2D eigenvalue weighted by Gasteiger charge is 1.75. The predicted octanol–water partition coefficient (Wildman–Crippen LogP) is -1.03. The second kappa shape index (κ2) is 9.23. The molecule has 0 heterocycles. The van der Waals surface area contributed by atoms with Gasteiger partial charge in [-0.25, -0.2) is 0 Å². The van der Waals surface area contributed by atoms with Crippen molar-refractivity contribution in [1.82, 2.24) is 5.32 Å². The SMILES string of the molecule is CC(C)[NH3+].CCCNC(=O)[O-]. The fourth-order valence-corrected chi connectivity index (χ4v) is 0.227. The molecule has 0 atom stereocenters. The summed E-state index contributed by atoms with van der Waals surface area (Å²) in [5, 5.41) is 11.6. The summed E-state index contributed by atoms with van der Waals surface area (Å²) in [5.41, 5.74) is 3.64. The van der Waals surface area contributed by atoms with Crippen molar-refractivity contribution in [2.75, 3.05) is 6.54 Å². The topological polar surface area (TPSA) is 79.8 Å². The summed E-state index contributed by atoms with van der Waals surface area (Å²) >= 11 is 0. The van der Waals surface area contributed by atoms with Crippen LogP contribution in [0.1, 0.15) is 27.2 Å². The van der Waals surface area contributed by atoms with E-state index in [1.165, 1.54) is 0 Å². The quantitative estimate of drug-likeness (QED) is 0.544. The summed E-state index contributed by atoms with van der Waals surface area (Å²) < 4.78 is 0. The van der Waals surface area contributed by atoms with E-state index in [4.69, 9.17) is 0 Å². The summed E-state index contributed by atoms with van der Waals surface area (Å²) in [5.74, 6) is 0. The molecule has 0 radical (unpaired) electrons. The first kappa shape index (κ1) is 12.9. The average molecular weight is 162 g/mol. The second-order valence-corrected chi connectivity index (χ2v) is 2.61. The molecule has 0 aliphatic heterocycles. The first-order chi connectivity index (χ1) is 5.00. The van der Waals surface area contributed by atoms with Crippen LogP contribution in [0.3, 0.4) is 0 Å². The Balaban J connectivity index is 0. The van der Waals surface area contributed by atoms with Gasteiger partial charge in [0.1, 0.15) is 6.09 Å². The number of hydrogen-bond donors (Lipinski definition) is 2. The highest BCUT2D eigenvalue weighted by molar-refractivity contribution is 5.61. The van der Waals surface area contributed by atoms with Crippen molar-refractivity contribution in [3.63, 3.8) is 0 Å². The summed E-state index contributed by atoms with van der Waals surface area (Å²) in [6.07, 6.45) is -0.379. The predicted molar refractivity (Wildman–Crippen MR) is 41.7 cm³/mol. The van der Waals surface area contributed by atoms with Gasteiger partial charge in [0, 0.05) is 6.54 Å². The van der Waals surface area contributed by atoms with Gasteiger partial charge in [-0.15, -0.1) is 0 Å². The Labute approximate surface area is 67.8 Å². The van der Waals surface area contributed by atoms with Crippen molar-refractivity contribution in [3.05, 3.63) is 0 Å². The first-order valence-electron chi connectivity index (χ1n) is 3.78. The van der Waals surface area contributed by atoms with Gasteiger partial charge in [0.05, 0.1) is 6.04 Å². The van der Waals surface area contributed by atoms with E-state index in [1.54, 1.807) is 0 Å². The van der Waals surface area contributed by atoms with Crippen LogP contribution in [0.25, 0.3) is 0 Å². The van der Waals surface area contributed by atoms with Gasteiger partial charge in [-0.1, -0.05) is 6.92 Å². The number of hydrogen-bond acceptors (Lipinski definition) is 2. The van der Waals surface area contributed by atoms with Crippen LogP contribution in [0.2, 0.25) is 0 Å². The highest BCUT2D eigenvalue weighted by atomic mass is 16.4. The molecule has 0 aliphatic rings. The van der Waals surface area contributed by atoms with Gasteiger partial charge in [-0.2, -0.15) is 0 Å². The van der Waals surface area contributed by atoms with E-state index in [-0.39, 0.29) is 0 Å². The molecule has 4 nitrogen and oxygen atoms in total. The van der Waals surface area contributed by atoms with Crippen molar-refractivity contribution in [2.24, 2.45) is 0 Å². The molecule has 0 aliphatic carbocycles. The minimum Gasteiger partial charge on any atom is -0.530 e. The van der Waals surface area contributed by atoms with E-state index in [2.05, 4.69) is 24.9 Å². The van der Waals surface area contributed by atoms with Crippen molar-refractivity contribution in [3.8, 4) is 0 Å². The Kier molecular flexibility index (Phi) is 10.8. The normalized spacial score (nSPS) is 8.45. The fourth-order valence-electron chi connectivity index (χ4n) is 0.227. The molecule has 4 N–H and O–H groups in total. The van der Waals surface area contributed by atoms with Gasteiger partial charge < -0.3 is 21.0 Å². The van der Waals surface area contributed by atoms with Crippen LogP contribution in [-0.2, 0) is 0 Å². The molecule has 0 unspecified atom stereocenters. The number of rotatable bonds is 2. The molecule has 0 rings (SSSR count). The number of nitrogens with one attached hydrogen (secondary N) is 1. The zero-order valence-electron chi connectivity index (χ0n) is 7.52. The number of quaternary nitrogens is 1. The van der Waals surface area contributed by atoms with Crippen LogP contribution < -0.4 is 16.2 Å². The van der Waals surface area contributed by atoms with Crippen LogP contribution >= 0.6 is 0 Å². The number of carboxylic acid groups (broad SMARTS) is 1. The van der Waals surface area contributed by atoms with E-state index in [0.29, 0.717) is 12.6 Å². The molecule has 0 saturated heterocycles. The van der Waals surface area contributed by atoms with E-state index in [0.717, 1.165) is 6.42 Å². The standard InChI is InChI=1S/C4H9NO2.C3H9N/c1-2-3-5-4(6)7;1-3(2)4/h5H,2-3H2,1H3,(H,6,7);3H,4H2,1-2H3. The molecule has 0 aromatic carbocycles. The monoisotopic (exact) mass is 162 g/mol. The molecule has 11 heavy (non-hydrogen) atoms. The Morgan fingerprint density at radius 3 is 2.09 bits per heavy atom. The van der Waals surface area contributed by atoms with Gasteiger partial charge in [0.25, 0.3) is 0 Å². The van der Waals surface area contributed by atoms with Crippen molar-refractivity contribution < 1.29 is 15.6 Å². The Morgan fingerprint density at radius 2 is 2.00 bits per heavy atom. The molecule has 1 amide bonds. The number of carbonyl (C=O) groups excluding carboxylic acids is 1. The molecular weight excluding hydrogens is 144 g/mol. The lowest BCUT2D eigenvalue weighted by molar-refractivity contribution is -0.407. The highest BCUT2D eigenvalue weighted by Crippen LogP contribution is 1.65. The lowest BCUT2D eigenvalue weighted by Crippen LogP contribution is -2.57. The van der Waals surface area contributed by atoms with Crippen molar-refractivity contribution >= 4 is 6.09 Å². The maximum Gasteiger partial charge on any atom is 0.134 e. The number of carbonyl (C=O) groups is 1. The third-order valence-electron chi connectivity index (χ3n) is 0.519. The van der Waals surface area contributed by atoms with Crippen LogP contribution in [0.15, 0.2) is 0 Å². The maximum absolute atomic E-state index is 9.54. The van der Waals surface area contributed by atoms with Gasteiger partial charge in [0.2, 0.25) is 0 Å². The molecule has 68 valence electrons. The maximum atomic E-state index is 9.54. The van der Waals surface area contributed by atoms with Gasteiger partial charge in [-0.3, -0.25) is 0 Å². The molecule has 0 aromatic rings. The van der Waals surface area contributed by atoms with Gasteiger partial charge in [-0.05, 0) is 20.3 Å². The third kappa shape index (κ3) is 46.2. The van der Waals surface area contributed by atoms with Gasteiger partial charge in [0.15, 0.2) is 0 Å². The molecule has 4 heteroatoms. The minimum atomic E-state index is -1.19. The van der Waals surface area contributed by atoms with Crippen LogP contribution in [0, 0.1) is 0 Å². The van der Waals surface area contributed by atoms with E-state index in [9.17, 15) is 9.90 Å².